The van der Waals surface area contributed by atoms with Crippen molar-refractivity contribution in [3.63, 3.8) is 0 Å². The van der Waals surface area contributed by atoms with Crippen LogP contribution in [-0.2, 0) is 41.6 Å². The van der Waals surface area contributed by atoms with Gasteiger partial charge >= 0.3 is 0 Å². The summed E-state index contributed by atoms with van der Waals surface area (Å²) in [6.45, 7) is 6.83. The molecule has 4 heterocycles. The quantitative estimate of drug-likeness (QED) is 0.0598. The summed E-state index contributed by atoms with van der Waals surface area (Å²) >= 11 is 0. The van der Waals surface area contributed by atoms with Gasteiger partial charge in [-0.05, 0) is 106 Å². The lowest BCUT2D eigenvalue weighted by Gasteiger charge is -2.22. The van der Waals surface area contributed by atoms with Crippen LogP contribution in [-0.4, -0.2) is 106 Å². The normalized spacial score (nSPS) is 15.8. The predicted octanol–water partition coefficient (Wildman–Crippen LogP) is 3.97. The minimum atomic E-state index is -1.05. The summed E-state index contributed by atoms with van der Waals surface area (Å²) in [5.41, 5.74) is 15.7. The van der Waals surface area contributed by atoms with Gasteiger partial charge in [0, 0.05) is 98.4 Å². The number of nitrogens with one attached hydrogen (secondary N) is 2. The maximum absolute atomic E-state index is 13.5. The number of benzene rings is 3. The number of H-pyrrole nitrogens is 2. The first kappa shape index (κ1) is 53.6. The van der Waals surface area contributed by atoms with E-state index in [-0.39, 0.29) is 111 Å². The van der Waals surface area contributed by atoms with Gasteiger partial charge in [-0.25, -0.2) is 0 Å². The lowest BCUT2D eigenvalue weighted by atomic mass is 9.77. The molecule has 0 fully saturated rings. The number of phenolic OH excluding ortho intramolecular Hbond substituents is 6. The molecule has 2 aromatic heterocycles. The van der Waals surface area contributed by atoms with Crippen LogP contribution in [0.1, 0.15) is 63.8 Å². The maximum Gasteiger partial charge on any atom is 0.236 e. The number of aromatic hydroxyl groups is 6. The van der Waals surface area contributed by atoms with Crippen molar-refractivity contribution in [2.45, 2.75) is 68.2 Å². The Hall–Kier alpha value is -8.78. The smallest absolute Gasteiger partial charge is 0.236 e. The third-order valence-electron chi connectivity index (χ3n) is 13.5. The fourth-order valence-electron chi connectivity index (χ4n) is 9.84. The van der Waals surface area contributed by atoms with E-state index in [1.807, 2.05) is 0 Å². The van der Waals surface area contributed by atoms with Gasteiger partial charge in [0.2, 0.25) is 34.7 Å². The van der Waals surface area contributed by atoms with E-state index >= 15 is 0 Å². The number of nitrogens with two attached hydrogens (primary N) is 2. The zero-order valence-electron chi connectivity index (χ0n) is 38.5. The molecule has 3 aliphatic carbocycles. The number of phenols is 6. The molecule has 19 nitrogen and oxygen atoms in total. The van der Waals surface area contributed by atoms with Crippen LogP contribution < -0.4 is 22.0 Å². The van der Waals surface area contributed by atoms with Gasteiger partial charge in [0.1, 0.15) is 0 Å². The van der Waals surface area contributed by atoms with E-state index in [1.165, 1.54) is 38.4 Å². The Labute approximate surface area is 416 Å². The molecule has 14 N–H and O–H groups in total. The van der Waals surface area contributed by atoms with Gasteiger partial charge in [-0.3, -0.25) is 38.8 Å². The number of carbonyl (C=O) groups excluding carboxylic acids is 6. The fraction of sp³-hybridized carbons (Fsp3) is 0.222. The minimum absolute atomic E-state index is 0. The molecular weight excluding hydrogens is 941 g/mol. The predicted molar refractivity (Wildman–Crippen MR) is 275 cm³/mol. The average Bonchev–Trinajstić information content (AvgIpc) is 4.20. The molecule has 0 bridgehead atoms. The molecule has 0 saturated carbocycles. The summed E-state index contributed by atoms with van der Waals surface area (Å²) < 4.78 is 0. The first-order valence-electron chi connectivity index (χ1n) is 22.1. The Kier molecular flexibility index (Phi) is 14.5. The van der Waals surface area contributed by atoms with E-state index < -0.39 is 57.7 Å². The van der Waals surface area contributed by atoms with Crippen LogP contribution in [0.3, 0.4) is 0 Å². The molecule has 73 heavy (non-hydrogen) atoms. The van der Waals surface area contributed by atoms with Crippen LogP contribution >= 0.6 is 0 Å². The number of rotatable bonds is 8. The number of allylic oxidation sites excluding steroid dienone is 6. The summed E-state index contributed by atoms with van der Waals surface area (Å²) in [7, 11) is 0. The van der Waals surface area contributed by atoms with Crippen molar-refractivity contribution in [2.24, 2.45) is 21.5 Å². The third kappa shape index (κ3) is 7.90. The summed E-state index contributed by atoms with van der Waals surface area (Å²) in [5.74, 6) is -8.15. The molecule has 2 aliphatic heterocycles. The molecule has 0 amide bonds. The van der Waals surface area contributed by atoms with Crippen molar-refractivity contribution in [2.75, 3.05) is 13.1 Å². The lowest BCUT2D eigenvalue weighted by Crippen LogP contribution is -2.44. The van der Waals surface area contributed by atoms with Crippen molar-refractivity contribution in [1.29, 1.82) is 0 Å². The van der Waals surface area contributed by atoms with Gasteiger partial charge in [0.25, 0.3) is 0 Å². The number of aromatic nitrogens is 2. The highest BCUT2D eigenvalue weighted by Gasteiger charge is 2.43. The van der Waals surface area contributed by atoms with Gasteiger partial charge in [-0.2, -0.15) is 0 Å². The highest BCUT2D eigenvalue weighted by molar-refractivity contribution is 6.71. The number of carbonyl (C=O) groups is 6. The zero-order valence-corrected chi connectivity index (χ0v) is 38.5. The van der Waals surface area contributed by atoms with E-state index in [2.05, 4.69) is 20.0 Å². The minimum Gasteiger partial charge on any atom is -0.504 e. The van der Waals surface area contributed by atoms with Crippen LogP contribution in [0.15, 0.2) is 85.8 Å². The summed E-state index contributed by atoms with van der Waals surface area (Å²) in [5, 5.41) is 66.0. The largest absolute Gasteiger partial charge is 0.504 e. The monoisotopic (exact) mass is 994 g/mol. The number of hydrogen-bond donors (Lipinski definition) is 10. The molecule has 0 unspecified atom stereocenters. The van der Waals surface area contributed by atoms with E-state index in [9.17, 15) is 59.4 Å². The van der Waals surface area contributed by atoms with Gasteiger partial charge in [-0.1, -0.05) is 14.9 Å². The zero-order chi connectivity index (χ0) is 50.4. The van der Waals surface area contributed by atoms with E-state index in [1.54, 1.807) is 38.4 Å². The number of aromatic amines is 2. The van der Waals surface area contributed by atoms with Crippen LogP contribution in [0.4, 0.5) is 5.69 Å². The topological polar surface area (TPSA) is 364 Å². The molecule has 3 aromatic carbocycles. The van der Waals surface area contributed by atoms with Crippen LogP contribution in [0, 0.1) is 13.8 Å². The van der Waals surface area contributed by atoms with Crippen molar-refractivity contribution in [1.82, 2.24) is 9.97 Å². The molecule has 0 atom stereocenters. The number of hydrogen-bond acceptors (Lipinski definition) is 16. The van der Waals surface area contributed by atoms with Crippen LogP contribution in [0.25, 0.3) is 44.3 Å². The first-order chi connectivity index (χ1) is 33.4. The Bertz CT molecular complexity index is 3690. The first-order valence-corrected chi connectivity index (χ1v) is 22.1. The second-order valence-electron chi connectivity index (χ2n) is 17.3. The van der Waals surface area contributed by atoms with Gasteiger partial charge in [0.15, 0.2) is 34.5 Å². The number of Topliss-reactive ketones (excluding diaryl/α,β-unsaturated/α-hetero) is 6. The Morgan fingerprint density at radius 1 is 0.603 bits per heavy atom. The molecule has 5 aliphatic rings. The Morgan fingerprint density at radius 3 is 1.88 bits per heavy atom. The number of nitrogens with zero attached hydrogens (tertiary/aromatic N) is 2. The highest BCUT2D eigenvalue weighted by atomic mass is 16.3. The highest BCUT2D eigenvalue weighted by Crippen LogP contribution is 2.57. The second kappa shape index (κ2) is 19.8. The molecule has 5 aromatic rings. The van der Waals surface area contributed by atoms with Crippen molar-refractivity contribution in [3.05, 3.63) is 109 Å². The van der Waals surface area contributed by atoms with Crippen LogP contribution in [0.5, 0.6) is 34.5 Å². The average molecular weight is 995 g/mol. The number of ketones is 6. The fourth-order valence-corrected chi connectivity index (χ4v) is 9.84. The molecule has 378 valence electrons. The van der Waals surface area contributed by atoms with Gasteiger partial charge in [0.05, 0.1) is 33.4 Å². The standard InChI is InChI=1S/C26H25N3O6.C26H19N3O6.2CH4.H2O/c2*1-10-12(3-6-27)9-15(23(32)21(10)30)18-20-14(5-8-29-20)17(25(34)26(18)35)16-13-4-7-28-19(13)11(2)22(31)24(16)33;;;/h5,7-9,29-35H,3-4,6,27H2,1-2H3;5,7-9,29H,3-4,6,27H2,1-2H3;2*1H4;1H2. The SMILES string of the molecule is C.C.CC1=C(CCN)C=C(C2=c3[nH]ccc3=C(C3=C4CC=NC4=C(C)C(=O)C3=O)C(=O)C2=O)C(=O)C1=O.Cc1c(CCN)cc(-c2c(O)c(O)c(-c3c(O)c(O)c(C)c4c3CC=N4)c3cc[nH]c23)c(O)c1O.O. The molecule has 19 heteroatoms. The molecule has 0 radical (unpaired) electrons. The summed E-state index contributed by atoms with van der Waals surface area (Å²) in [4.78, 5) is 92.6. The molecule has 0 spiro atoms. The Morgan fingerprint density at radius 2 is 1.19 bits per heavy atom. The second-order valence-corrected chi connectivity index (χ2v) is 17.3. The van der Waals surface area contributed by atoms with Crippen molar-refractivity contribution in [3.8, 4) is 56.8 Å². The van der Waals surface area contributed by atoms with Crippen molar-refractivity contribution >= 4 is 74.9 Å². The molecular formula is C54H54N6O13. The van der Waals surface area contributed by atoms with E-state index in [0.29, 0.717) is 81.5 Å². The summed E-state index contributed by atoms with van der Waals surface area (Å²) in [6, 6.07) is 4.77. The Balaban J connectivity index is 0.000000229. The molecule has 10 rings (SSSR count). The van der Waals surface area contributed by atoms with Gasteiger partial charge in [-0.15, -0.1) is 0 Å². The summed E-state index contributed by atoms with van der Waals surface area (Å²) in [6.07, 6.45) is 8.98. The van der Waals surface area contributed by atoms with E-state index in [4.69, 9.17) is 11.5 Å². The van der Waals surface area contributed by atoms with Gasteiger partial charge < -0.3 is 57.6 Å². The third-order valence-corrected chi connectivity index (χ3v) is 13.5. The van der Waals surface area contributed by atoms with Crippen LogP contribution in [0.2, 0.25) is 0 Å². The molecule has 0 saturated heterocycles. The number of aliphatic imine (C=N–C) groups is 2. The maximum atomic E-state index is 13.5. The van der Waals surface area contributed by atoms with Crippen molar-refractivity contribution < 1.29 is 64.9 Å². The van der Waals surface area contributed by atoms with E-state index in [0.717, 1.165) is 0 Å². The number of fused-ring (bicyclic) bond motifs is 4. The lowest BCUT2D eigenvalue weighted by molar-refractivity contribution is -0.133.